The zero-order chi connectivity index (χ0) is 8.41. The van der Waals surface area contributed by atoms with Crippen LogP contribution in [-0.4, -0.2) is 20.9 Å². The number of rotatable bonds is 3. The van der Waals surface area contributed by atoms with Crippen molar-refractivity contribution in [1.29, 1.82) is 0 Å². The average molecular weight is 208 g/mol. The molecule has 0 saturated heterocycles. The van der Waals surface area contributed by atoms with E-state index in [2.05, 4.69) is 4.31 Å². The molecule has 0 spiro atoms. The van der Waals surface area contributed by atoms with Crippen LogP contribution in [0.4, 0.5) is 0 Å². The molecule has 3 N–H and O–H groups in total. The van der Waals surface area contributed by atoms with Gasteiger partial charge in [0.05, 0.1) is 0 Å². The van der Waals surface area contributed by atoms with E-state index in [0.29, 0.717) is 11.4 Å². The quantitative estimate of drug-likeness (QED) is 0.582. The van der Waals surface area contributed by atoms with Gasteiger partial charge in [-0.05, 0) is 17.6 Å². The van der Waals surface area contributed by atoms with Crippen LogP contribution in [0.15, 0.2) is 0 Å². The van der Waals surface area contributed by atoms with E-state index in [1.165, 1.54) is 6.26 Å². The van der Waals surface area contributed by atoms with Gasteiger partial charge in [0.15, 0.2) is 0 Å². The van der Waals surface area contributed by atoms with Gasteiger partial charge < -0.3 is 14.7 Å². The maximum absolute atomic E-state index is 10.4. The Morgan fingerprint density at radius 1 is 1.30 bits per heavy atom. The van der Waals surface area contributed by atoms with Crippen molar-refractivity contribution in [2.75, 3.05) is 6.26 Å². The van der Waals surface area contributed by atoms with Crippen LogP contribution in [-0.2, 0) is 13.4 Å². The first kappa shape index (κ1) is 10.7. The summed E-state index contributed by atoms with van der Waals surface area (Å²) in [5, 5.41) is 0. The van der Waals surface area contributed by atoms with Gasteiger partial charge in [0.1, 0.15) is 0 Å². The summed E-state index contributed by atoms with van der Waals surface area (Å²) in [7, 11) is -4.84. The molecular weight excluding hydrogens is 202 g/mol. The summed E-state index contributed by atoms with van der Waals surface area (Å²) in [5.74, 6) is 0. The van der Waals surface area contributed by atoms with Crippen LogP contribution in [0.3, 0.4) is 0 Å². The van der Waals surface area contributed by atoms with E-state index in [9.17, 15) is 9.13 Å². The van der Waals surface area contributed by atoms with E-state index in [4.69, 9.17) is 14.7 Å². The highest BCUT2D eigenvalue weighted by molar-refractivity contribution is 8.54. The SMILES string of the molecule is CSP(=O)(O)OP(=O)(O)O. The first-order valence-electron chi connectivity index (χ1n) is 1.92. The molecular formula is CH6O6P2S. The highest BCUT2D eigenvalue weighted by atomic mass is 32.7. The van der Waals surface area contributed by atoms with Crippen LogP contribution in [0.5, 0.6) is 0 Å². The second kappa shape index (κ2) is 3.36. The molecule has 0 aliphatic rings. The van der Waals surface area contributed by atoms with E-state index >= 15 is 0 Å². The molecule has 0 radical (unpaired) electrons. The van der Waals surface area contributed by atoms with Gasteiger partial charge in [0.2, 0.25) is 0 Å². The highest BCUT2D eigenvalue weighted by Gasteiger charge is 2.29. The van der Waals surface area contributed by atoms with Crippen LogP contribution in [0.25, 0.3) is 0 Å². The Morgan fingerprint density at radius 3 is 1.80 bits per heavy atom. The molecule has 0 fully saturated rings. The first-order valence-corrected chi connectivity index (χ1v) is 6.86. The van der Waals surface area contributed by atoms with Crippen molar-refractivity contribution in [3.63, 3.8) is 0 Å². The molecule has 9 heteroatoms. The minimum atomic E-state index is -4.84. The number of hydrogen-bond acceptors (Lipinski definition) is 4. The van der Waals surface area contributed by atoms with Crippen LogP contribution >= 0.6 is 26.0 Å². The Balaban J connectivity index is 4.17. The smallest absolute Gasteiger partial charge is 0.316 e. The molecule has 0 aliphatic carbocycles. The predicted octanol–water partition coefficient (Wildman–Crippen LogP) is 0.559. The van der Waals surface area contributed by atoms with Crippen LogP contribution in [0, 0.1) is 0 Å². The van der Waals surface area contributed by atoms with Gasteiger partial charge in [-0.25, -0.2) is 9.13 Å². The number of phosphoric acid groups is 1. The fourth-order valence-electron chi connectivity index (χ4n) is 0.168. The minimum Gasteiger partial charge on any atom is -0.316 e. The van der Waals surface area contributed by atoms with Gasteiger partial charge in [-0.1, -0.05) is 0 Å². The van der Waals surface area contributed by atoms with Crippen molar-refractivity contribution < 1.29 is 28.1 Å². The zero-order valence-corrected chi connectivity index (χ0v) is 7.47. The molecule has 0 aromatic heterocycles. The largest absolute Gasteiger partial charge is 0.477 e. The van der Waals surface area contributed by atoms with Crippen LogP contribution < -0.4 is 0 Å². The minimum absolute atomic E-state index is 0.351. The molecule has 0 saturated carbocycles. The van der Waals surface area contributed by atoms with Crippen molar-refractivity contribution in [3.05, 3.63) is 0 Å². The summed E-state index contributed by atoms with van der Waals surface area (Å²) in [4.78, 5) is 24.5. The molecule has 10 heavy (non-hydrogen) atoms. The Kier molecular flexibility index (Phi) is 3.58. The van der Waals surface area contributed by atoms with Gasteiger partial charge in [-0.15, -0.1) is 0 Å². The van der Waals surface area contributed by atoms with Gasteiger partial charge >= 0.3 is 14.6 Å². The second-order valence-electron chi connectivity index (χ2n) is 1.22. The van der Waals surface area contributed by atoms with E-state index in [-0.39, 0.29) is 0 Å². The van der Waals surface area contributed by atoms with Crippen molar-refractivity contribution >= 4 is 26.0 Å². The summed E-state index contributed by atoms with van der Waals surface area (Å²) in [6, 6.07) is 0. The summed E-state index contributed by atoms with van der Waals surface area (Å²) in [5.41, 5.74) is 0. The number of hydrogen-bond donors (Lipinski definition) is 3. The van der Waals surface area contributed by atoms with Crippen molar-refractivity contribution in [1.82, 2.24) is 0 Å². The third kappa shape index (κ3) is 5.44. The fourth-order valence-corrected chi connectivity index (χ4v) is 2.89. The molecule has 1 unspecified atom stereocenters. The lowest BCUT2D eigenvalue weighted by molar-refractivity contribution is 0.270. The molecule has 0 heterocycles. The monoisotopic (exact) mass is 208 g/mol. The summed E-state index contributed by atoms with van der Waals surface area (Å²) < 4.78 is 23.8. The summed E-state index contributed by atoms with van der Waals surface area (Å²) in [6.07, 6.45) is 1.20. The Bertz CT molecular complexity index is 194. The van der Waals surface area contributed by atoms with E-state index in [1.807, 2.05) is 0 Å². The standard InChI is InChI=1S/CH6O6P2S/c1-10-9(5,6)7-8(2,3)4/h1H3,(H,5,6)(H2,2,3,4). The Labute approximate surface area is 61.1 Å². The lowest BCUT2D eigenvalue weighted by Crippen LogP contribution is -1.82. The van der Waals surface area contributed by atoms with Gasteiger partial charge in [0, 0.05) is 0 Å². The van der Waals surface area contributed by atoms with Crippen LogP contribution in [0.2, 0.25) is 0 Å². The van der Waals surface area contributed by atoms with E-state index in [1.54, 1.807) is 0 Å². The molecule has 0 aromatic rings. The summed E-state index contributed by atoms with van der Waals surface area (Å²) >= 11 is 0.351. The van der Waals surface area contributed by atoms with E-state index < -0.39 is 14.6 Å². The van der Waals surface area contributed by atoms with Crippen LogP contribution in [0.1, 0.15) is 0 Å². The fraction of sp³-hybridized carbons (Fsp3) is 1.00. The normalized spacial score (nSPS) is 18.4. The van der Waals surface area contributed by atoms with E-state index in [0.717, 1.165) is 0 Å². The molecule has 1 atom stereocenters. The molecule has 62 valence electrons. The Hall–Kier alpha value is 0.650. The molecule has 0 amide bonds. The molecule has 6 nitrogen and oxygen atoms in total. The highest BCUT2D eigenvalue weighted by Crippen LogP contribution is 2.63. The summed E-state index contributed by atoms with van der Waals surface area (Å²) in [6.45, 7) is -4.14. The predicted molar refractivity (Wildman–Crippen MR) is 36.5 cm³/mol. The lowest BCUT2D eigenvalue weighted by Gasteiger charge is -2.08. The van der Waals surface area contributed by atoms with Crippen molar-refractivity contribution in [3.8, 4) is 0 Å². The zero-order valence-electron chi connectivity index (χ0n) is 4.87. The maximum atomic E-state index is 10.4. The molecule has 0 aromatic carbocycles. The maximum Gasteiger partial charge on any atom is 0.477 e. The lowest BCUT2D eigenvalue weighted by atomic mass is 12.0. The topological polar surface area (TPSA) is 104 Å². The Morgan fingerprint density at radius 2 is 1.70 bits per heavy atom. The third-order valence-electron chi connectivity index (χ3n) is 0.440. The van der Waals surface area contributed by atoms with Crippen molar-refractivity contribution in [2.45, 2.75) is 0 Å². The van der Waals surface area contributed by atoms with Gasteiger partial charge in [0.25, 0.3) is 0 Å². The van der Waals surface area contributed by atoms with Gasteiger partial charge in [-0.2, -0.15) is 4.31 Å². The van der Waals surface area contributed by atoms with Crippen molar-refractivity contribution in [2.24, 2.45) is 0 Å². The average Bonchev–Trinajstić information content (AvgIpc) is 1.60. The molecule has 0 rings (SSSR count). The van der Waals surface area contributed by atoms with Gasteiger partial charge in [-0.3, -0.25) is 0 Å². The molecule has 0 aliphatic heterocycles. The first-order chi connectivity index (χ1) is 4.27. The molecule has 0 bridgehead atoms. The second-order valence-corrected chi connectivity index (χ2v) is 6.64. The third-order valence-corrected chi connectivity index (χ3v) is 4.56.